The van der Waals surface area contributed by atoms with Gasteiger partial charge in [-0.25, -0.2) is 9.38 Å². The molecule has 5 nitrogen and oxygen atoms in total. The smallest absolute Gasteiger partial charge is 0.283 e. The molecule has 0 radical (unpaired) electrons. The van der Waals surface area contributed by atoms with Gasteiger partial charge in [0.25, 0.3) is 6.02 Å². The SMILES string of the molecule is COc1ccc2c(c1F)C1(COC(N)=N1)c1ccccc1O2. The third kappa shape index (κ3) is 1.55. The Morgan fingerprint density at radius 3 is 2.77 bits per heavy atom. The van der Waals surface area contributed by atoms with E-state index in [9.17, 15) is 4.39 Å². The van der Waals surface area contributed by atoms with Crippen LogP contribution in [0.4, 0.5) is 4.39 Å². The molecule has 112 valence electrons. The van der Waals surface area contributed by atoms with Gasteiger partial charge in [0, 0.05) is 5.56 Å². The van der Waals surface area contributed by atoms with Crippen molar-refractivity contribution in [1.82, 2.24) is 0 Å². The first-order chi connectivity index (χ1) is 10.7. The molecule has 2 aliphatic heterocycles. The average Bonchev–Trinajstić information content (AvgIpc) is 2.90. The Bertz CT molecular complexity index is 806. The van der Waals surface area contributed by atoms with Crippen LogP contribution in [0, 0.1) is 5.82 Å². The Balaban J connectivity index is 2.06. The quantitative estimate of drug-likeness (QED) is 0.879. The van der Waals surface area contributed by atoms with E-state index < -0.39 is 11.4 Å². The Labute approximate surface area is 126 Å². The van der Waals surface area contributed by atoms with Crippen LogP contribution in [-0.2, 0) is 10.3 Å². The van der Waals surface area contributed by atoms with Gasteiger partial charge in [0.2, 0.25) is 0 Å². The zero-order valence-corrected chi connectivity index (χ0v) is 11.8. The van der Waals surface area contributed by atoms with E-state index in [0.29, 0.717) is 11.5 Å². The fourth-order valence-electron chi connectivity index (χ4n) is 3.01. The number of benzene rings is 2. The van der Waals surface area contributed by atoms with Crippen LogP contribution in [0.15, 0.2) is 41.4 Å². The minimum absolute atomic E-state index is 0.0323. The molecule has 2 aliphatic rings. The molecule has 2 heterocycles. The fourth-order valence-corrected chi connectivity index (χ4v) is 3.01. The van der Waals surface area contributed by atoms with Crippen LogP contribution < -0.4 is 15.2 Å². The second-order valence-corrected chi connectivity index (χ2v) is 5.15. The van der Waals surface area contributed by atoms with Crippen LogP contribution >= 0.6 is 0 Å². The summed E-state index contributed by atoms with van der Waals surface area (Å²) in [5.74, 6) is 0.610. The molecule has 2 N–H and O–H groups in total. The van der Waals surface area contributed by atoms with Crippen LogP contribution in [0.3, 0.4) is 0 Å². The maximum absolute atomic E-state index is 14.9. The number of rotatable bonds is 1. The summed E-state index contributed by atoms with van der Waals surface area (Å²) in [5.41, 5.74) is 5.66. The highest BCUT2D eigenvalue weighted by Gasteiger charge is 2.49. The summed E-state index contributed by atoms with van der Waals surface area (Å²) in [5, 5.41) is 0. The molecule has 1 atom stereocenters. The molecule has 2 aromatic rings. The van der Waals surface area contributed by atoms with Crippen LogP contribution in [0.5, 0.6) is 17.2 Å². The van der Waals surface area contributed by atoms with E-state index in [1.54, 1.807) is 6.07 Å². The number of fused-ring (bicyclic) bond motifs is 4. The normalized spacial score (nSPS) is 21.5. The van der Waals surface area contributed by atoms with Gasteiger partial charge < -0.3 is 19.9 Å². The fraction of sp³-hybridized carbons (Fsp3) is 0.188. The predicted molar refractivity (Wildman–Crippen MR) is 77.8 cm³/mol. The summed E-state index contributed by atoms with van der Waals surface area (Å²) in [6, 6.07) is 10.6. The molecular formula is C16H13FN2O3. The topological polar surface area (TPSA) is 66.1 Å². The highest BCUT2D eigenvalue weighted by molar-refractivity contribution is 5.77. The Morgan fingerprint density at radius 2 is 2.05 bits per heavy atom. The Hall–Kier alpha value is -2.76. The zero-order valence-electron chi connectivity index (χ0n) is 11.8. The number of methoxy groups -OCH3 is 1. The van der Waals surface area contributed by atoms with Crippen molar-refractivity contribution < 1.29 is 18.6 Å². The van der Waals surface area contributed by atoms with Crippen molar-refractivity contribution in [2.75, 3.05) is 13.7 Å². The lowest BCUT2D eigenvalue weighted by Crippen LogP contribution is -2.32. The summed E-state index contributed by atoms with van der Waals surface area (Å²) in [6.07, 6.45) is 0. The average molecular weight is 300 g/mol. The van der Waals surface area contributed by atoms with Gasteiger partial charge >= 0.3 is 0 Å². The first-order valence-electron chi connectivity index (χ1n) is 6.78. The Morgan fingerprint density at radius 1 is 1.23 bits per heavy atom. The first kappa shape index (κ1) is 12.9. The van der Waals surface area contributed by atoms with Crippen molar-refractivity contribution in [3.63, 3.8) is 0 Å². The largest absolute Gasteiger partial charge is 0.494 e. The van der Waals surface area contributed by atoms with Crippen molar-refractivity contribution >= 4 is 6.02 Å². The van der Waals surface area contributed by atoms with Crippen LogP contribution in [0.25, 0.3) is 0 Å². The number of hydrogen-bond acceptors (Lipinski definition) is 5. The van der Waals surface area contributed by atoms with E-state index in [4.69, 9.17) is 19.9 Å². The maximum atomic E-state index is 14.9. The predicted octanol–water partition coefficient (Wildman–Crippen LogP) is 2.53. The van der Waals surface area contributed by atoms with Crippen molar-refractivity contribution in [3.8, 4) is 17.2 Å². The second kappa shape index (κ2) is 4.37. The molecule has 1 spiro atoms. The van der Waals surface area contributed by atoms with E-state index in [-0.39, 0.29) is 23.9 Å². The molecular weight excluding hydrogens is 287 g/mol. The molecule has 0 saturated heterocycles. The van der Waals surface area contributed by atoms with Gasteiger partial charge in [-0.2, -0.15) is 0 Å². The number of ether oxygens (including phenoxy) is 3. The third-order valence-corrected chi connectivity index (χ3v) is 3.98. The van der Waals surface area contributed by atoms with Crippen LogP contribution in [-0.4, -0.2) is 19.7 Å². The van der Waals surface area contributed by atoms with Crippen molar-refractivity contribution in [2.24, 2.45) is 10.7 Å². The molecule has 0 aromatic heterocycles. The van der Waals surface area contributed by atoms with Crippen molar-refractivity contribution in [3.05, 3.63) is 53.3 Å². The zero-order chi connectivity index (χ0) is 15.3. The number of amidine groups is 1. The lowest BCUT2D eigenvalue weighted by Gasteiger charge is -2.33. The molecule has 0 aliphatic carbocycles. The third-order valence-electron chi connectivity index (χ3n) is 3.98. The number of para-hydroxylation sites is 1. The standard InChI is InChI=1S/C16H13FN2O3/c1-20-12-7-6-11-13(14(12)17)16(8-21-15(18)19-16)9-4-2-3-5-10(9)22-11/h2-7H,8H2,1H3,(H2,18,19). The van der Waals surface area contributed by atoms with Crippen molar-refractivity contribution in [1.29, 1.82) is 0 Å². The Kier molecular flexibility index (Phi) is 2.57. The van der Waals surface area contributed by atoms with Gasteiger partial charge in [-0.05, 0) is 18.2 Å². The highest BCUT2D eigenvalue weighted by Crippen LogP contribution is 2.52. The molecule has 0 saturated carbocycles. The van der Waals surface area contributed by atoms with Gasteiger partial charge in [-0.15, -0.1) is 0 Å². The van der Waals surface area contributed by atoms with E-state index in [1.165, 1.54) is 13.2 Å². The van der Waals surface area contributed by atoms with Gasteiger partial charge in [0.05, 0.1) is 12.7 Å². The van der Waals surface area contributed by atoms with Gasteiger partial charge in [-0.3, -0.25) is 0 Å². The number of hydrogen-bond donors (Lipinski definition) is 1. The molecule has 22 heavy (non-hydrogen) atoms. The van der Waals surface area contributed by atoms with Crippen LogP contribution in [0.1, 0.15) is 11.1 Å². The molecule has 0 fully saturated rings. The van der Waals surface area contributed by atoms with Gasteiger partial charge in [-0.1, -0.05) is 18.2 Å². The lowest BCUT2D eigenvalue weighted by molar-refractivity contribution is 0.257. The van der Waals surface area contributed by atoms with E-state index in [0.717, 1.165) is 5.56 Å². The molecule has 6 heteroatoms. The molecule has 0 amide bonds. The number of nitrogens with two attached hydrogens (primary N) is 1. The van der Waals surface area contributed by atoms with E-state index in [2.05, 4.69) is 4.99 Å². The van der Waals surface area contributed by atoms with Crippen LogP contribution in [0.2, 0.25) is 0 Å². The second-order valence-electron chi connectivity index (χ2n) is 5.15. The minimum atomic E-state index is -1.05. The summed E-state index contributed by atoms with van der Waals surface area (Å²) < 4.78 is 31.2. The lowest BCUT2D eigenvalue weighted by atomic mass is 9.81. The molecule has 0 bridgehead atoms. The van der Waals surface area contributed by atoms with Gasteiger partial charge in [0.1, 0.15) is 18.1 Å². The van der Waals surface area contributed by atoms with E-state index >= 15 is 0 Å². The van der Waals surface area contributed by atoms with E-state index in [1.807, 2.05) is 24.3 Å². The molecule has 4 rings (SSSR count). The number of nitrogens with zero attached hydrogens (tertiary/aromatic N) is 1. The monoisotopic (exact) mass is 300 g/mol. The van der Waals surface area contributed by atoms with Gasteiger partial charge in [0.15, 0.2) is 17.1 Å². The maximum Gasteiger partial charge on any atom is 0.283 e. The summed E-state index contributed by atoms with van der Waals surface area (Å²) >= 11 is 0. The van der Waals surface area contributed by atoms with Crippen molar-refractivity contribution in [2.45, 2.75) is 5.54 Å². The summed E-state index contributed by atoms with van der Waals surface area (Å²) in [7, 11) is 1.41. The number of halogens is 1. The minimum Gasteiger partial charge on any atom is -0.494 e. The first-order valence-corrected chi connectivity index (χ1v) is 6.78. The number of aliphatic imine (C=N–C) groups is 1. The molecule has 2 aromatic carbocycles. The molecule has 1 unspecified atom stereocenters. The highest BCUT2D eigenvalue weighted by atomic mass is 19.1. The summed E-state index contributed by atoms with van der Waals surface area (Å²) in [4.78, 5) is 4.40. The summed E-state index contributed by atoms with van der Waals surface area (Å²) in [6.45, 7) is 0.121.